The smallest absolute Gasteiger partial charge is 0.313 e. The Bertz CT molecular complexity index is 395. The van der Waals surface area contributed by atoms with Crippen LogP contribution in [0.15, 0.2) is 18.2 Å². The van der Waals surface area contributed by atoms with E-state index in [1.54, 1.807) is 0 Å². The summed E-state index contributed by atoms with van der Waals surface area (Å²) in [5.41, 5.74) is 1.08. The Labute approximate surface area is 98.5 Å². The van der Waals surface area contributed by atoms with Gasteiger partial charge in [0.25, 0.3) is 0 Å². The van der Waals surface area contributed by atoms with Crippen molar-refractivity contribution in [2.24, 2.45) is 0 Å². The molecule has 2 rings (SSSR count). The van der Waals surface area contributed by atoms with E-state index in [9.17, 15) is 4.79 Å². The molecule has 86 valence electrons. The van der Waals surface area contributed by atoms with Gasteiger partial charge >= 0.3 is 5.37 Å². The maximum atomic E-state index is 10.5. The van der Waals surface area contributed by atoms with Gasteiger partial charge in [0.05, 0.1) is 0 Å². The second-order valence-electron chi connectivity index (χ2n) is 3.43. The number of halogens is 1. The summed E-state index contributed by atoms with van der Waals surface area (Å²) in [5, 5.41) is 2.00. The van der Waals surface area contributed by atoms with Crippen LogP contribution in [0.1, 0.15) is 5.56 Å². The van der Waals surface area contributed by atoms with Crippen LogP contribution in [-0.4, -0.2) is 25.1 Å². The van der Waals surface area contributed by atoms with Gasteiger partial charge in [-0.25, -0.2) is 0 Å². The third-order valence-corrected chi connectivity index (χ3v) is 2.42. The molecule has 1 N–H and O–H groups in total. The average Bonchev–Trinajstić information content (AvgIpc) is 2.28. The van der Waals surface area contributed by atoms with Gasteiger partial charge in [0.15, 0.2) is 11.5 Å². The first-order valence-corrected chi connectivity index (χ1v) is 5.45. The molecule has 1 aliphatic heterocycles. The Morgan fingerprint density at radius 3 is 2.81 bits per heavy atom. The molecule has 0 saturated carbocycles. The highest BCUT2D eigenvalue weighted by Crippen LogP contribution is 2.30. The van der Waals surface area contributed by atoms with E-state index in [0.717, 1.165) is 23.5 Å². The fourth-order valence-electron chi connectivity index (χ4n) is 1.55. The molecule has 1 heterocycles. The number of nitrogens with one attached hydrogen (secondary N) is 1. The fourth-order valence-corrected chi connectivity index (χ4v) is 1.64. The first-order valence-electron chi connectivity index (χ1n) is 5.07. The second kappa shape index (κ2) is 5.07. The van der Waals surface area contributed by atoms with E-state index in [0.29, 0.717) is 19.8 Å². The molecule has 0 unspecified atom stereocenters. The molecule has 0 bridgehead atoms. The van der Waals surface area contributed by atoms with Gasteiger partial charge in [-0.2, -0.15) is 0 Å². The SMILES string of the molecule is O=C(Cl)NCCc1ccc2c(c1)OCCO2. The van der Waals surface area contributed by atoms with Gasteiger partial charge < -0.3 is 14.8 Å². The highest BCUT2D eigenvalue weighted by atomic mass is 35.5. The van der Waals surface area contributed by atoms with Crippen LogP contribution in [0, 0.1) is 0 Å². The summed E-state index contributed by atoms with van der Waals surface area (Å²) in [7, 11) is 0. The molecule has 0 aromatic heterocycles. The van der Waals surface area contributed by atoms with Crippen LogP contribution in [0.3, 0.4) is 0 Å². The van der Waals surface area contributed by atoms with Crippen LogP contribution in [0.5, 0.6) is 11.5 Å². The monoisotopic (exact) mass is 241 g/mol. The lowest BCUT2D eigenvalue weighted by molar-refractivity contribution is 0.171. The minimum atomic E-state index is -0.530. The van der Waals surface area contributed by atoms with E-state index < -0.39 is 5.37 Å². The average molecular weight is 242 g/mol. The number of hydrogen-bond acceptors (Lipinski definition) is 3. The maximum absolute atomic E-state index is 10.5. The van der Waals surface area contributed by atoms with Gasteiger partial charge in [0.2, 0.25) is 0 Å². The molecule has 5 heteroatoms. The summed E-state index contributed by atoms with van der Waals surface area (Å²) in [6.45, 7) is 1.69. The minimum absolute atomic E-state index is 0.516. The van der Waals surface area contributed by atoms with E-state index >= 15 is 0 Å². The molecule has 1 aliphatic rings. The van der Waals surface area contributed by atoms with Crippen molar-refractivity contribution in [1.29, 1.82) is 0 Å². The van der Waals surface area contributed by atoms with Crippen LogP contribution in [0.25, 0.3) is 0 Å². The largest absolute Gasteiger partial charge is 0.486 e. The maximum Gasteiger partial charge on any atom is 0.313 e. The summed E-state index contributed by atoms with van der Waals surface area (Å²) >= 11 is 5.16. The lowest BCUT2D eigenvalue weighted by atomic mass is 10.1. The third kappa shape index (κ3) is 2.79. The topological polar surface area (TPSA) is 47.6 Å². The number of rotatable bonds is 3. The molecule has 1 aromatic carbocycles. The van der Waals surface area contributed by atoms with E-state index in [1.807, 2.05) is 18.2 Å². The van der Waals surface area contributed by atoms with Gasteiger partial charge in [-0.3, -0.25) is 4.79 Å². The van der Waals surface area contributed by atoms with Crippen LogP contribution < -0.4 is 14.8 Å². The molecule has 0 saturated heterocycles. The number of carbonyl (C=O) groups excluding carboxylic acids is 1. The summed E-state index contributed by atoms with van der Waals surface area (Å²) in [4.78, 5) is 10.5. The Balaban J connectivity index is 1.97. The molecule has 0 radical (unpaired) electrons. The lowest BCUT2D eigenvalue weighted by Crippen LogP contribution is -2.19. The molecular formula is C11H12ClNO3. The molecule has 1 aromatic rings. The van der Waals surface area contributed by atoms with Crippen molar-refractivity contribution in [1.82, 2.24) is 5.32 Å². The van der Waals surface area contributed by atoms with Gasteiger partial charge in [0, 0.05) is 6.54 Å². The first kappa shape index (κ1) is 11.1. The third-order valence-electron chi connectivity index (χ3n) is 2.28. The van der Waals surface area contributed by atoms with Crippen molar-refractivity contribution >= 4 is 17.0 Å². The Kier molecular flexibility index (Phi) is 3.51. The molecular weight excluding hydrogens is 230 g/mol. The second-order valence-corrected chi connectivity index (χ2v) is 3.77. The number of fused-ring (bicyclic) bond motifs is 1. The van der Waals surface area contributed by atoms with Crippen molar-refractivity contribution in [3.05, 3.63) is 23.8 Å². The first-order chi connectivity index (χ1) is 7.75. The van der Waals surface area contributed by atoms with Crippen molar-refractivity contribution < 1.29 is 14.3 Å². The van der Waals surface area contributed by atoms with Gasteiger partial charge in [0.1, 0.15) is 13.2 Å². The Morgan fingerprint density at radius 2 is 2.06 bits per heavy atom. The molecule has 0 fully saturated rings. The zero-order valence-corrected chi connectivity index (χ0v) is 9.42. The minimum Gasteiger partial charge on any atom is -0.486 e. The molecule has 16 heavy (non-hydrogen) atoms. The van der Waals surface area contributed by atoms with Gasteiger partial charge in [-0.1, -0.05) is 6.07 Å². The molecule has 0 aliphatic carbocycles. The van der Waals surface area contributed by atoms with Crippen molar-refractivity contribution in [3.63, 3.8) is 0 Å². The quantitative estimate of drug-likeness (QED) is 0.650. The van der Waals surface area contributed by atoms with E-state index in [1.165, 1.54) is 0 Å². The summed E-state index contributed by atoms with van der Waals surface area (Å²) in [5.74, 6) is 1.54. The van der Waals surface area contributed by atoms with Crippen LogP contribution >= 0.6 is 11.6 Å². The number of benzene rings is 1. The molecule has 0 spiro atoms. The summed E-state index contributed by atoms with van der Waals surface area (Å²) in [6.07, 6.45) is 0.717. The predicted molar refractivity (Wildman–Crippen MR) is 60.4 cm³/mol. The number of hydrogen-bond donors (Lipinski definition) is 1. The number of ether oxygens (including phenoxy) is 2. The zero-order valence-electron chi connectivity index (χ0n) is 8.66. The van der Waals surface area contributed by atoms with Gasteiger partial charge in [-0.15, -0.1) is 0 Å². The normalized spacial score (nSPS) is 13.3. The number of carbonyl (C=O) groups is 1. The fraction of sp³-hybridized carbons (Fsp3) is 0.364. The summed E-state index contributed by atoms with van der Waals surface area (Å²) < 4.78 is 10.9. The number of amides is 1. The highest BCUT2D eigenvalue weighted by Gasteiger charge is 2.11. The highest BCUT2D eigenvalue weighted by molar-refractivity contribution is 6.62. The van der Waals surface area contributed by atoms with Crippen LogP contribution in [0.4, 0.5) is 4.79 Å². The molecule has 0 atom stereocenters. The lowest BCUT2D eigenvalue weighted by Gasteiger charge is -2.18. The van der Waals surface area contributed by atoms with Crippen molar-refractivity contribution in [2.45, 2.75) is 6.42 Å². The zero-order chi connectivity index (χ0) is 11.4. The van der Waals surface area contributed by atoms with E-state index in [4.69, 9.17) is 21.1 Å². The van der Waals surface area contributed by atoms with Crippen molar-refractivity contribution in [2.75, 3.05) is 19.8 Å². The van der Waals surface area contributed by atoms with E-state index in [2.05, 4.69) is 5.32 Å². The van der Waals surface area contributed by atoms with Crippen molar-refractivity contribution in [3.8, 4) is 11.5 Å². The van der Waals surface area contributed by atoms with E-state index in [-0.39, 0.29) is 0 Å². The molecule has 4 nitrogen and oxygen atoms in total. The van der Waals surface area contributed by atoms with Crippen LogP contribution in [0.2, 0.25) is 0 Å². The standard InChI is InChI=1S/C11H12ClNO3/c12-11(14)13-4-3-8-1-2-9-10(7-8)16-6-5-15-9/h1-2,7H,3-6H2,(H,13,14). The van der Waals surface area contributed by atoms with Crippen LogP contribution in [-0.2, 0) is 6.42 Å². The predicted octanol–water partition coefficient (Wildman–Crippen LogP) is 1.95. The molecule has 1 amide bonds. The Hall–Kier alpha value is -1.42. The summed E-state index contributed by atoms with van der Waals surface area (Å²) in [6, 6.07) is 5.76. The Morgan fingerprint density at radius 1 is 1.31 bits per heavy atom. The van der Waals surface area contributed by atoms with Gasteiger partial charge in [-0.05, 0) is 35.7 Å².